The summed E-state index contributed by atoms with van der Waals surface area (Å²) in [6, 6.07) is 11.2. The molecule has 88 valence electrons. The molecule has 0 aliphatic heterocycles. The first-order valence-electron chi connectivity index (χ1n) is 5.38. The maximum Gasteiger partial charge on any atom is 0.339 e. The number of aromatic carboxylic acids is 1. The van der Waals surface area contributed by atoms with Gasteiger partial charge in [0.2, 0.25) is 0 Å². The predicted molar refractivity (Wildman–Crippen MR) is 65.4 cm³/mol. The maximum absolute atomic E-state index is 11.2. The first-order chi connectivity index (χ1) is 8.75. The summed E-state index contributed by atoms with van der Waals surface area (Å²) in [7, 11) is 0. The first kappa shape index (κ1) is 10.5. The zero-order valence-corrected chi connectivity index (χ0v) is 9.32. The Bertz CT molecular complexity index is 719. The van der Waals surface area contributed by atoms with Gasteiger partial charge in [-0.25, -0.2) is 14.3 Å². The molecule has 0 atom stereocenters. The van der Waals surface area contributed by atoms with E-state index in [0.717, 1.165) is 11.1 Å². The number of carboxylic acid groups (broad SMARTS) is 1. The van der Waals surface area contributed by atoms with E-state index in [1.807, 2.05) is 30.3 Å². The van der Waals surface area contributed by atoms with Crippen molar-refractivity contribution in [3.63, 3.8) is 0 Å². The van der Waals surface area contributed by atoms with Gasteiger partial charge in [0.25, 0.3) is 0 Å². The molecule has 3 aromatic rings. The number of nitrogens with zero attached hydrogens (tertiary/aromatic N) is 3. The van der Waals surface area contributed by atoms with Crippen LogP contribution in [0.2, 0.25) is 0 Å². The zero-order chi connectivity index (χ0) is 12.5. The lowest BCUT2D eigenvalue weighted by Crippen LogP contribution is -2.02. The molecule has 1 aromatic carbocycles. The van der Waals surface area contributed by atoms with Crippen LogP contribution < -0.4 is 0 Å². The predicted octanol–water partition coefficient (Wildman–Crippen LogP) is 2.09. The summed E-state index contributed by atoms with van der Waals surface area (Å²) < 4.78 is 1.48. The minimum atomic E-state index is -1.01. The maximum atomic E-state index is 11.2. The lowest BCUT2D eigenvalue weighted by Gasteiger charge is -2.04. The minimum absolute atomic E-state index is 0.147. The van der Waals surface area contributed by atoms with E-state index in [1.54, 1.807) is 12.3 Å². The summed E-state index contributed by atoms with van der Waals surface area (Å²) in [6.07, 6.45) is 3.11. The van der Waals surface area contributed by atoms with E-state index in [2.05, 4.69) is 10.1 Å². The molecule has 0 aliphatic rings. The van der Waals surface area contributed by atoms with Crippen molar-refractivity contribution in [1.82, 2.24) is 14.6 Å². The molecule has 0 amide bonds. The third kappa shape index (κ3) is 1.62. The van der Waals surface area contributed by atoms with Crippen LogP contribution in [0.4, 0.5) is 0 Å². The van der Waals surface area contributed by atoms with Gasteiger partial charge in [-0.2, -0.15) is 5.10 Å². The summed E-state index contributed by atoms with van der Waals surface area (Å²) in [5.74, 6) is -1.01. The van der Waals surface area contributed by atoms with Gasteiger partial charge in [0.05, 0.1) is 0 Å². The highest BCUT2D eigenvalue weighted by Crippen LogP contribution is 2.21. The SMILES string of the molecule is O=C(O)c1cc(-c2ccccc2)cn2ncnc12. The Labute approximate surface area is 102 Å². The molecule has 0 radical (unpaired) electrons. The Morgan fingerprint density at radius 1 is 1.17 bits per heavy atom. The Hall–Kier alpha value is -2.69. The van der Waals surface area contributed by atoms with Crippen molar-refractivity contribution < 1.29 is 9.90 Å². The van der Waals surface area contributed by atoms with Crippen LogP contribution >= 0.6 is 0 Å². The lowest BCUT2D eigenvalue weighted by molar-refractivity contribution is 0.0698. The van der Waals surface area contributed by atoms with Crippen molar-refractivity contribution in [2.45, 2.75) is 0 Å². The monoisotopic (exact) mass is 239 g/mol. The number of carbonyl (C=O) groups is 1. The van der Waals surface area contributed by atoms with Crippen molar-refractivity contribution in [1.29, 1.82) is 0 Å². The normalized spacial score (nSPS) is 10.7. The van der Waals surface area contributed by atoms with E-state index in [0.29, 0.717) is 5.65 Å². The molecular weight excluding hydrogens is 230 g/mol. The fraction of sp³-hybridized carbons (Fsp3) is 0. The second kappa shape index (κ2) is 3.96. The van der Waals surface area contributed by atoms with E-state index in [9.17, 15) is 9.90 Å². The number of carboxylic acids is 1. The van der Waals surface area contributed by atoms with Gasteiger partial charge in [-0.3, -0.25) is 0 Å². The van der Waals surface area contributed by atoms with Gasteiger partial charge < -0.3 is 5.11 Å². The average molecular weight is 239 g/mol. The van der Waals surface area contributed by atoms with Gasteiger partial charge in [-0.1, -0.05) is 30.3 Å². The molecule has 5 heteroatoms. The van der Waals surface area contributed by atoms with E-state index in [4.69, 9.17) is 0 Å². The summed E-state index contributed by atoms with van der Waals surface area (Å²) in [5, 5.41) is 13.2. The van der Waals surface area contributed by atoms with Gasteiger partial charge in [0.1, 0.15) is 11.9 Å². The van der Waals surface area contributed by atoms with Crippen LogP contribution in [0.25, 0.3) is 16.8 Å². The molecule has 0 saturated carbocycles. The van der Waals surface area contributed by atoms with Crippen LogP contribution in [-0.2, 0) is 0 Å². The molecular formula is C13H9N3O2. The number of benzene rings is 1. The highest BCUT2D eigenvalue weighted by atomic mass is 16.4. The number of aromatic nitrogens is 3. The minimum Gasteiger partial charge on any atom is -0.478 e. The molecule has 2 aromatic heterocycles. The van der Waals surface area contributed by atoms with Crippen molar-refractivity contribution in [2.75, 3.05) is 0 Å². The largest absolute Gasteiger partial charge is 0.478 e. The summed E-state index contributed by atoms with van der Waals surface area (Å²) in [5.41, 5.74) is 2.24. The molecule has 1 N–H and O–H groups in total. The van der Waals surface area contributed by atoms with Crippen molar-refractivity contribution in [2.24, 2.45) is 0 Å². The second-order valence-electron chi connectivity index (χ2n) is 3.84. The Kier molecular flexibility index (Phi) is 2.30. The highest BCUT2D eigenvalue weighted by molar-refractivity contribution is 5.95. The van der Waals surface area contributed by atoms with E-state index in [-0.39, 0.29) is 5.56 Å². The van der Waals surface area contributed by atoms with Crippen LogP contribution in [0, 0.1) is 0 Å². The molecule has 18 heavy (non-hydrogen) atoms. The van der Waals surface area contributed by atoms with Gasteiger partial charge in [-0.05, 0) is 11.6 Å². The van der Waals surface area contributed by atoms with E-state index in [1.165, 1.54) is 10.8 Å². The molecule has 2 heterocycles. The summed E-state index contributed by atoms with van der Waals surface area (Å²) in [6.45, 7) is 0. The Morgan fingerprint density at radius 2 is 1.94 bits per heavy atom. The summed E-state index contributed by atoms with van der Waals surface area (Å²) in [4.78, 5) is 15.2. The Morgan fingerprint density at radius 3 is 2.67 bits per heavy atom. The third-order valence-corrected chi connectivity index (χ3v) is 2.71. The fourth-order valence-electron chi connectivity index (χ4n) is 1.87. The topological polar surface area (TPSA) is 67.5 Å². The van der Waals surface area contributed by atoms with E-state index >= 15 is 0 Å². The van der Waals surface area contributed by atoms with Crippen LogP contribution in [0.3, 0.4) is 0 Å². The molecule has 0 aliphatic carbocycles. The zero-order valence-electron chi connectivity index (χ0n) is 9.32. The van der Waals surface area contributed by atoms with Gasteiger partial charge in [0.15, 0.2) is 5.65 Å². The quantitative estimate of drug-likeness (QED) is 0.743. The first-order valence-corrected chi connectivity index (χ1v) is 5.38. The third-order valence-electron chi connectivity index (χ3n) is 2.71. The number of fused-ring (bicyclic) bond motifs is 1. The molecule has 0 spiro atoms. The number of hydrogen-bond acceptors (Lipinski definition) is 3. The van der Waals surface area contributed by atoms with Gasteiger partial charge in [-0.15, -0.1) is 0 Å². The van der Waals surface area contributed by atoms with Crippen molar-refractivity contribution in [3.05, 3.63) is 54.5 Å². The average Bonchev–Trinajstić information content (AvgIpc) is 2.86. The van der Waals surface area contributed by atoms with Crippen LogP contribution in [-0.4, -0.2) is 25.7 Å². The molecule has 0 fully saturated rings. The van der Waals surface area contributed by atoms with Gasteiger partial charge in [0, 0.05) is 11.8 Å². The Balaban J connectivity index is 2.29. The second-order valence-corrected chi connectivity index (χ2v) is 3.84. The standard InChI is InChI=1S/C13H9N3O2/c17-13(18)11-6-10(9-4-2-1-3-5-9)7-16-12(11)14-8-15-16/h1-8H,(H,17,18). The number of hydrogen-bond donors (Lipinski definition) is 1. The summed E-state index contributed by atoms with van der Waals surface area (Å²) >= 11 is 0. The van der Waals surface area contributed by atoms with Crippen LogP contribution in [0.15, 0.2) is 48.9 Å². The fourth-order valence-corrected chi connectivity index (χ4v) is 1.87. The number of pyridine rings is 1. The molecule has 3 rings (SSSR count). The van der Waals surface area contributed by atoms with Gasteiger partial charge >= 0.3 is 5.97 Å². The smallest absolute Gasteiger partial charge is 0.339 e. The molecule has 0 bridgehead atoms. The van der Waals surface area contributed by atoms with Crippen molar-refractivity contribution in [3.8, 4) is 11.1 Å². The molecule has 0 saturated heterocycles. The highest BCUT2D eigenvalue weighted by Gasteiger charge is 2.13. The lowest BCUT2D eigenvalue weighted by atomic mass is 10.1. The van der Waals surface area contributed by atoms with E-state index < -0.39 is 5.97 Å². The van der Waals surface area contributed by atoms with Crippen LogP contribution in [0.1, 0.15) is 10.4 Å². The number of rotatable bonds is 2. The van der Waals surface area contributed by atoms with Crippen LogP contribution in [0.5, 0.6) is 0 Å². The molecule has 0 unspecified atom stereocenters. The molecule has 5 nitrogen and oxygen atoms in total. The van der Waals surface area contributed by atoms with Crippen molar-refractivity contribution >= 4 is 11.6 Å².